The summed E-state index contributed by atoms with van der Waals surface area (Å²) in [5, 5.41) is 2.83. The Morgan fingerprint density at radius 1 is 1.22 bits per heavy atom. The lowest BCUT2D eigenvalue weighted by Gasteiger charge is -2.38. The van der Waals surface area contributed by atoms with Crippen LogP contribution in [0.25, 0.3) is 10.8 Å². The number of unbranched alkanes of at least 4 members (excludes halogenated alkanes) is 1. The van der Waals surface area contributed by atoms with Crippen LogP contribution in [0.4, 0.5) is 13.2 Å². The number of fused-ring (bicyclic) bond motifs is 1. The van der Waals surface area contributed by atoms with Gasteiger partial charge in [-0.05, 0) is 54.7 Å². The van der Waals surface area contributed by atoms with Crippen LogP contribution in [0, 0.1) is 0 Å². The highest BCUT2D eigenvalue weighted by Crippen LogP contribution is 2.43. The topological polar surface area (TPSA) is 32.3 Å². The number of hydrogen-bond acceptors (Lipinski definition) is 2. The summed E-state index contributed by atoms with van der Waals surface area (Å²) in [4.78, 5) is 11.8. The zero-order chi connectivity index (χ0) is 19.8. The van der Waals surface area contributed by atoms with Crippen molar-refractivity contribution >= 4 is 16.7 Å². The van der Waals surface area contributed by atoms with Gasteiger partial charge in [-0.3, -0.25) is 10.2 Å². The maximum absolute atomic E-state index is 14.0. The maximum Gasteiger partial charge on any atom is 0.409 e. The highest BCUT2D eigenvalue weighted by Gasteiger charge is 2.52. The molecule has 1 heterocycles. The third kappa shape index (κ3) is 3.95. The minimum atomic E-state index is -4.51. The molecule has 1 aliphatic heterocycles. The molecule has 3 nitrogen and oxygen atoms in total. The number of hydrogen-bond donors (Lipinski definition) is 1. The quantitative estimate of drug-likeness (QED) is 0.766. The van der Waals surface area contributed by atoms with Gasteiger partial charge in [0.05, 0.1) is 0 Å². The molecule has 2 aromatic rings. The van der Waals surface area contributed by atoms with Crippen LogP contribution < -0.4 is 5.43 Å². The van der Waals surface area contributed by atoms with Crippen molar-refractivity contribution in [1.82, 2.24) is 10.4 Å². The second-order valence-electron chi connectivity index (χ2n) is 7.84. The van der Waals surface area contributed by atoms with Gasteiger partial charge in [0.15, 0.2) is 6.04 Å². The molecule has 0 aromatic heterocycles. The molecule has 0 aliphatic carbocycles. The number of nitrogens with one attached hydrogen (secondary N) is 1. The third-order valence-electron chi connectivity index (χ3n) is 5.17. The lowest BCUT2D eigenvalue weighted by molar-refractivity contribution is -0.203. The Bertz CT molecular complexity index is 845. The number of carbonyl (C=O) groups excluding carboxylic acids is 1. The molecule has 0 unspecified atom stereocenters. The number of benzene rings is 2. The van der Waals surface area contributed by atoms with E-state index in [0.29, 0.717) is 0 Å². The molecule has 0 bridgehead atoms. The molecule has 1 N–H and O–H groups in total. The first-order chi connectivity index (χ1) is 12.6. The predicted octanol–water partition coefficient (Wildman–Crippen LogP) is 5.30. The van der Waals surface area contributed by atoms with E-state index in [-0.39, 0.29) is 12.0 Å². The molecular weight excluding hydrogens is 353 g/mol. The fourth-order valence-corrected chi connectivity index (χ4v) is 3.83. The summed E-state index contributed by atoms with van der Waals surface area (Å²) in [6.45, 7) is 5.41. The van der Waals surface area contributed by atoms with E-state index in [1.807, 2.05) is 18.2 Å². The van der Waals surface area contributed by atoms with E-state index in [1.165, 1.54) is 6.07 Å². The lowest BCUT2D eigenvalue weighted by Crippen LogP contribution is -2.51. The fraction of sp³-hybridized carbons (Fsp3) is 0.476. The summed E-state index contributed by atoms with van der Waals surface area (Å²) in [5.74, 6) is -0.392. The average Bonchev–Trinajstić information content (AvgIpc) is 2.83. The molecule has 2 aromatic carbocycles. The van der Waals surface area contributed by atoms with Crippen LogP contribution in [0.5, 0.6) is 0 Å². The van der Waals surface area contributed by atoms with Gasteiger partial charge >= 0.3 is 6.18 Å². The molecule has 6 heteroatoms. The highest BCUT2D eigenvalue weighted by atomic mass is 19.4. The van der Waals surface area contributed by atoms with Crippen molar-refractivity contribution in [3.8, 4) is 0 Å². The molecule has 0 radical (unpaired) electrons. The third-order valence-corrected chi connectivity index (χ3v) is 5.17. The van der Waals surface area contributed by atoms with Gasteiger partial charge in [-0.15, -0.1) is 0 Å². The number of halogens is 3. The largest absolute Gasteiger partial charge is 0.409 e. The molecule has 1 saturated heterocycles. The normalized spacial score (nSPS) is 18.7. The maximum atomic E-state index is 14.0. The molecule has 0 spiro atoms. The Balaban J connectivity index is 2.06. The summed E-state index contributed by atoms with van der Waals surface area (Å²) in [6, 6.07) is 8.79. The Hall–Kier alpha value is -2.08. The van der Waals surface area contributed by atoms with Crippen LogP contribution in [-0.4, -0.2) is 22.6 Å². The Morgan fingerprint density at radius 2 is 1.96 bits per heavy atom. The van der Waals surface area contributed by atoms with Crippen molar-refractivity contribution in [2.45, 2.75) is 64.2 Å². The number of hydrazine groups is 1. The smallest absolute Gasteiger partial charge is 0.287 e. The summed E-state index contributed by atoms with van der Waals surface area (Å²) in [6.07, 6.45) is -1.46. The molecule has 1 fully saturated rings. The molecule has 1 aliphatic rings. The Labute approximate surface area is 157 Å². The minimum Gasteiger partial charge on any atom is -0.287 e. The van der Waals surface area contributed by atoms with E-state index in [2.05, 4.69) is 12.3 Å². The first kappa shape index (κ1) is 19.7. The van der Waals surface area contributed by atoms with Crippen molar-refractivity contribution in [2.24, 2.45) is 0 Å². The van der Waals surface area contributed by atoms with E-state index in [4.69, 9.17) is 0 Å². The summed E-state index contributed by atoms with van der Waals surface area (Å²) >= 11 is 0. The van der Waals surface area contributed by atoms with Crippen LogP contribution in [-0.2, 0) is 11.2 Å². The number of amides is 1. The van der Waals surface area contributed by atoms with Crippen molar-refractivity contribution < 1.29 is 18.0 Å². The summed E-state index contributed by atoms with van der Waals surface area (Å²) in [7, 11) is 0. The number of carbonyl (C=O) groups is 1. The van der Waals surface area contributed by atoms with Gasteiger partial charge in [-0.1, -0.05) is 43.7 Å². The summed E-state index contributed by atoms with van der Waals surface area (Å²) < 4.78 is 41.9. The second-order valence-corrected chi connectivity index (χ2v) is 7.84. The lowest BCUT2D eigenvalue weighted by atomic mass is 9.94. The van der Waals surface area contributed by atoms with Gasteiger partial charge in [-0.2, -0.15) is 18.2 Å². The van der Waals surface area contributed by atoms with Crippen molar-refractivity contribution in [1.29, 1.82) is 0 Å². The van der Waals surface area contributed by atoms with Crippen molar-refractivity contribution in [3.63, 3.8) is 0 Å². The SMILES string of the molecule is CCCCc1cccc2cc([C@H](N3NC(=O)CC3(C)C)C(F)(F)F)ccc12. The standard InChI is InChI=1S/C21H25F3N2O/c1-4-5-7-14-8-6-9-15-12-16(10-11-17(14)15)19(21(22,23)24)26-20(2,3)13-18(27)25-26/h6,8-12,19H,4-5,7,13H2,1-3H3,(H,25,27)/t19-/m0/s1. The number of alkyl halides is 3. The number of nitrogens with zero attached hydrogens (tertiary/aromatic N) is 1. The zero-order valence-electron chi connectivity index (χ0n) is 15.9. The number of rotatable bonds is 5. The van der Waals surface area contributed by atoms with E-state index in [9.17, 15) is 18.0 Å². The predicted molar refractivity (Wildman–Crippen MR) is 100 cm³/mol. The van der Waals surface area contributed by atoms with E-state index in [1.54, 1.807) is 26.0 Å². The van der Waals surface area contributed by atoms with Gasteiger partial charge in [-0.25, -0.2) is 0 Å². The van der Waals surface area contributed by atoms with Gasteiger partial charge < -0.3 is 0 Å². The van der Waals surface area contributed by atoms with Crippen LogP contribution in [0.3, 0.4) is 0 Å². The van der Waals surface area contributed by atoms with Crippen LogP contribution in [0.15, 0.2) is 36.4 Å². The van der Waals surface area contributed by atoms with Crippen LogP contribution in [0.2, 0.25) is 0 Å². The minimum absolute atomic E-state index is 0.0360. The van der Waals surface area contributed by atoms with Gasteiger partial charge in [0.1, 0.15) is 0 Å². The van der Waals surface area contributed by atoms with Gasteiger partial charge in [0.2, 0.25) is 5.91 Å². The zero-order valence-corrected chi connectivity index (χ0v) is 15.9. The Morgan fingerprint density at radius 3 is 2.56 bits per heavy atom. The molecule has 146 valence electrons. The highest BCUT2D eigenvalue weighted by molar-refractivity contribution is 5.86. The van der Waals surface area contributed by atoms with Gasteiger partial charge in [0, 0.05) is 12.0 Å². The first-order valence-electron chi connectivity index (χ1n) is 9.30. The second kappa shape index (κ2) is 7.15. The van der Waals surface area contributed by atoms with Crippen LogP contribution in [0.1, 0.15) is 57.2 Å². The van der Waals surface area contributed by atoms with Crippen LogP contribution >= 0.6 is 0 Å². The van der Waals surface area contributed by atoms with Gasteiger partial charge in [0.25, 0.3) is 0 Å². The average molecular weight is 378 g/mol. The molecule has 1 atom stereocenters. The van der Waals surface area contributed by atoms with E-state index < -0.39 is 23.7 Å². The fourth-order valence-electron chi connectivity index (χ4n) is 3.83. The molecule has 1 amide bonds. The van der Waals surface area contributed by atoms with E-state index >= 15 is 0 Å². The first-order valence-corrected chi connectivity index (χ1v) is 9.30. The Kier molecular flexibility index (Phi) is 5.21. The number of aryl methyl sites for hydroxylation is 1. The molecule has 3 rings (SSSR count). The van der Waals surface area contributed by atoms with E-state index in [0.717, 1.165) is 40.6 Å². The molecule has 27 heavy (non-hydrogen) atoms. The van der Waals surface area contributed by atoms with Crippen molar-refractivity contribution in [2.75, 3.05) is 0 Å². The molecule has 0 saturated carbocycles. The molecular formula is C21H25F3N2O. The summed E-state index contributed by atoms with van der Waals surface area (Å²) in [5.41, 5.74) is 2.78. The monoisotopic (exact) mass is 378 g/mol. The van der Waals surface area contributed by atoms with Crippen molar-refractivity contribution in [3.05, 3.63) is 47.5 Å².